The van der Waals surface area contributed by atoms with Crippen LogP contribution in [-0.2, 0) is 6.54 Å². The monoisotopic (exact) mass is 304 g/mol. The van der Waals surface area contributed by atoms with Crippen LogP contribution in [0.5, 0.6) is 0 Å². The van der Waals surface area contributed by atoms with Crippen molar-refractivity contribution in [3.05, 3.63) is 46.6 Å². The van der Waals surface area contributed by atoms with Gasteiger partial charge in [-0.2, -0.15) is 10.4 Å². The minimum Gasteiger partial charge on any atom is -0.305 e. The highest BCUT2D eigenvalue weighted by atomic mass is 79.9. The molecule has 0 aliphatic carbocycles. The molecule has 1 aromatic heterocycles. The van der Waals surface area contributed by atoms with E-state index in [1.807, 2.05) is 6.07 Å². The molecule has 0 bridgehead atoms. The fraction of sp³-hybridized carbons (Fsp3) is 0.0833. The molecule has 0 spiro atoms. The summed E-state index contributed by atoms with van der Waals surface area (Å²) in [7, 11) is 0. The summed E-state index contributed by atoms with van der Waals surface area (Å²) < 4.78 is 2.37. The van der Waals surface area contributed by atoms with Crippen LogP contribution >= 0.6 is 15.9 Å². The predicted molar refractivity (Wildman–Crippen MR) is 69.9 cm³/mol. The molecule has 1 amide bonds. The van der Waals surface area contributed by atoms with Crippen LogP contribution in [0.1, 0.15) is 10.4 Å². The molecule has 90 valence electrons. The van der Waals surface area contributed by atoms with Gasteiger partial charge >= 0.3 is 0 Å². The average molecular weight is 305 g/mol. The summed E-state index contributed by atoms with van der Waals surface area (Å²) in [6.45, 7) is 0.161. The topological polar surface area (TPSA) is 70.7 Å². The van der Waals surface area contributed by atoms with E-state index < -0.39 is 0 Å². The van der Waals surface area contributed by atoms with E-state index in [9.17, 15) is 4.79 Å². The van der Waals surface area contributed by atoms with Crippen LogP contribution < -0.4 is 5.32 Å². The second kappa shape index (κ2) is 5.47. The fourth-order valence-corrected chi connectivity index (χ4v) is 1.64. The van der Waals surface area contributed by atoms with Crippen molar-refractivity contribution in [2.75, 3.05) is 5.32 Å². The van der Waals surface area contributed by atoms with Gasteiger partial charge in [0.15, 0.2) is 5.82 Å². The molecule has 0 saturated carbocycles. The second-order valence-electron chi connectivity index (χ2n) is 3.52. The predicted octanol–water partition coefficient (Wildman–Crippen LogP) is 2.42. The molecule has 0 aliphatic rings. The molecule has 2 aromatic rings. The van der Waals surface area contributed by atoms with Crippen molar-refractivity contribution < 1.29 is 4.79 Å². The number of nitrogens with one attached hydrogen (secondary N) is 1. The maximum Gasteiger partial charge on any atom is 0.256 e. The molecule has 0 fully saturated rings. The molecular formula is C12H9BrN4O. The molecule has 18 heavy (non-hydrogen) atoms. The van der Waals surface area contributed by atoms with E-state index in [4.69, 9.17) is 5.26 Å². The molecule has 0 aliphatic heterocycles. The molecule has 0 saturated heterocycles. The quantitative estimate of drug-likeness (QED) is 0.946. The lowest BCUT2D eigenvalue weighted by atomic mass is 10.2. The van der Waals surface area contributed by atoms with Gasteiger partial charge in [-0.25, -0.2) is 0 Å². The van der Waals surface area contributed by atoms with E-state index in [-0.39, 0.29) is 12.5 Å². The number of anilines is 1. The Morgan fingerprint density at radius 1 is 1.39 bits per heavy atom. The highest BCUT2D eigenvalue weighted by molar-refractivity contribution is 9.10. The van der Waals surface area contributed by atoms with Gasteiger partial charge in [-0.3, -0.25) is 9.48 Å². The third-order valence-electron chi connectivity index (χ3n) is 2.22. The minimum absolute atomic E-state index is 0.161. The number of hydrogen-bond acceptors (Lipinski definition) is 3. The van der Waals surface area contributed by atoms with E-state index >= 15 is 0 Å². The van der Waals surface area contributed by atoms with Crippen molar-refractivity contribution in [1.82, 2.24) is 9.78 Å². The number of aromatic nitrogens is 2. The third-order valence-corrected chi connectivity index (χ3v) is 2.75. The van der Waals surface area contributed by atoms with Gasteiger partial charge in [-0.1, -0.05) is 15.9 Å². The van der Waals surface area contributed by atoms with Crippen molar-refractivity contribution >= 4 is 27.7 Å². The fourth-order valence-electron chi connectivity index (χ4n) is 1.38. The summed E-state index contributed by atoms with van der Waals surface area (Å²) in [6, 6.07) is 10.6. The molecule has 1 heterocycles. The molecular weight excluding hydrogens is 296 g/mol. The Hall–Kier alpha value is -2.13. The van der Waals surface area contributed by atoms with Gasteiger partial charge in [0.2, 0.25) is 0 Å². The Labute approximate surface area is 112 Å². The number of hydrogen-bond donors (Lipinski definition) is 1. The van der Waals surface area contributed by atoms with Gasteiger partial charge in [0.05, 0.1) is 6.07 Å². The number of amides is 1. The van der Waals surface area contributed by atoms with Crippen LogP contribution in [0.3, 0.4) is 0 Å². The Balaban J connectivity index is 2.06. The third kappa shape index (κ3) is 2.96. The number of carbonyl (C=O) groups is 1. The van der Waals surface area contributed by atoms with E-state index in [0.717, 1.165) is 4.47 Å². The first-order valence-electron chi connectivity index (χ1n) is 5.16. The first-order chi connectivity index (χ1) is 8.69. The first-order valence-corrected chi connectivity index (χ1v) is 5.95. The zero-order chi connectivity index (χ0) is 13.0. The summed E-state index contributed by atoms with van der Waals surface area (Å²) in [6.07, 6.45) is 1.64. The van der Waals surface area contributed by atoms with Gasteiger partial charge in [0, 0.05) is 22.3 Å². The summed E-state index contributed by atoms with van der Waals surface area (Å²) in [5, 5.41) is 15.2. The van der Waals surface area contributed by atoms with Crippen molar-refractivity contribution in [3.8, 4) is 6.07 Å². The maximum atomic E-state index is 11.9. The number of nitriles is 1. The smallest absolute Gasteiger partial charge is 0.256 e. The zero-order valence-electron chi connectivity index (χ0n) is 9.30. The lowest BCUT2D eigenvalue weighted by Gasteiger charge is -2.01. The van der Waals surface area contributed by atoms with Crippen LogP contribution in [0.2, 0.25) is 0 Å². The highest BCUT2D eigenvalue weighted by Crippen LogP contribution is 2.12. The van der Waals surface area contributed by atoms with Crippen molar-refractivity contribution in [1.29, 1.82) is 5.26 Å². The van der Waals surface area contributed by atoms with Crippen LogP contribution in [0.25, 0.3) is 0 Å². The number of benzene rings is 1. The van der Waals surface area contributed by atoms with Gasteiger partial charge < -0.3 is 5.32 Å². The van der Waals surface area contributed by atoms with Gasteiger partial charge in [-0.05, 0) is 24.3 Å². The van der Waals surface area contributed by atoms with Crippen molar-refractivity contribution in [2.24, 2.45) is 0 Å². The number of rotatable bonds is 3. The molecule has 1 aromatic carbocycles. The van der Waals surface area contributed by atoms with Crippen LogP contribution in [0.4, 0.5) is 5.82 Å². The lowest BCUT2D eigenvalue weighted by molar-refractivity contribution is 0.102. The van der Waals surface area contributed by atoms with Crippen LogP contribution in [-0.4, -0.2) is 15.7 Å². The second-order valence-corrected chi connectivity index (χ2v) is 4.43. The van der Waals surface area contributed by atoms with Gasteiger partial charge in [0.25, 0.3) is 5.91 Å². The molecule has 1 N–H and O–H groups in total. The number of nitrogens with zero attached hydrogens (tertiary/aromatic N) is 3. The van der Waals surface area contributed by atoms with E-state index in [1.165, 1.54) is 4.68 Å². The zero-order valence-corrected chi connectivity index (χ0v) is 10.9. The van der Waals surface area contributed by atoms with Crippen LogP contribution in [0, 0.1) is 11.3 Å². The summed E-state index contributed by atoms with van der Waals surface area (Å²) in [5.74, 6) is 0.197. The van der Waals surface area contributed by atoms with E-state index in [2.05, 4.69) is 26.3 Å². The number of carbonyl (C=O) groups excluding carboxylic acids is 1. The Kier molecular flexibility index (Phi) is 3.75. The Morgan fingerprint density at radius 3 is 2.78 bits per heavy atom. The lowest BCUT2D eigenvalue weighted by Crippen LogP contribution is -2.12. The molecule has 0 atom stereocenters. The molecule has 0 unspecified atom stereocenters. The largest absolute Gasteiger partial charge is 0.305 e. The maximum absolute atomic E-state index is 11.9. The standard InChI is InChI=1S/C12H9BrN4O/c13-10-3-1-9(2-4-10)12(18)15-11-5-7-17(16-11)8-6-14/h1-5,7H,8H2,(H,15,16,18). The molecule has 2 rings (SSSR count). The Morgan fingerprint density at radius 2 is 2.11 bits per heavy atom. The summed E-state index contributed by atoms with van der Waals surface area (Å²) >= 11 is 3.30. The normalized spacial score (nSPS) is 9.78. The minimum atomic E-state index is -0.232. The molecule has 6 heteroatoms. The summed E-state index contributed by atoms with van der Waals surface area (Å²) in [4.78, 5) is 11.9. The highest BCUT2D eigenvalue weighted by Gasteiger charge is 2.07. The average Bonchev–Trinajstić information content (AvgIpc) is 2.78. The SMILES string of the molecule is N#CCn1ccc(NC(=O)c2ccc(Br)cc2)n1. The molecule has 0 radical (unpaired) electrons. The van der Waals surface area contributed by atoms with Crippen molar-refractivity contribution in [3.63, 3.8) is 0 Å². The number of halogens is 1. The van der Waals surface area contributed by atoms with E-state index in [0.29, 0.717) is 11.4 Å². The van der Waals surface area contributed by atoms with E-state index in [1.54, 1.807) is 36.5 Å². The van der Waals surface area contributed by atoms with Gasteiger partial charge in [0.1, 0.15) is 6.54 Å². The van der Waals surface area contributed by atoms with Gasteiger partial charge in [-0.15, -0.1) is 0 Å². The summed E-state index contributed by atoms with van der Waals surface area (Å²) in [5.41, 5.74) is 0.549. The van der Waals surface area contributed by atoms with Crippen molar-refractivity contribution in [2.45, 2.75) is 6.54 Å². The first kappa shape index (κ1) is 12.3. The molecule has 5 nitrogen and oxygen atoms in total. The van der Waals surface area contributed by atoms with Crippen LogP contribution in [0.15, 0.2) is 41.0 Å². The Bertz CT molecular complexity index is 597.